The van der Waals surface area contributed by atoms with Gasteiger partial charge in [-0.15, -0.1) is 11.3 Å². The Bertz CT molecular complexity index is 3160. The highest BCUT2D eigenvalue weighted by molar-refractivity contribution is 7.26. The van der Waals surface area contributed by atoms with Crippen molar-refractivity contribution in [3.63, 3.8) is 0 Å². The van der Waals surface area contributed by atoms with Gasteiger partial charge in [0, 0.05) is 53.6 Å². The van der Waals surface area contributed by atoms with E-state index in [1.807, 2.05) is 11.3 Å². The van der Waals surface area contributed by atoms with E-state index >= 15 is 0 Å². The molecule has 9 aromatic carbocycles. The molecule has 0 bridgehead atoms. The SMILES string of the molecule is c1ccc(-c2ccc(-c3c(N(c4ccc(-c5ccccc5)cc4)c4cccc(-n5c6ccccc6c6ccccc65)c4)ccc4sc5ccccc5c34)cc2)cc1. The van der Waals surface area contributed by atoms with Crippen LogP contribution in [0.3, 0.4) is 0 Å². The van der Waals surface area contributed by atoms with Crippen molar-refractivity contribution in [2.45, 2.75) is 0 Å². The van der Waals surface area contributed by atoms with Gasteiger partial charge in [0.15, 0.2) is 0 Å². The molecule has 57 heavy (non-hydrogen) atoms. The van der Waals surface area contributed by atoms with Crippen LogP contribution in [0.25, 0.3) is 81.0 Å². The summed E-state index contributed by atoms with van der Waals surface area (Å²) < 4.78 is 4.98. The largest absolute Gasteiger partial charge is 0.310 e. The molecular weight excluding hydrogens is 709 g/mol. The van der Waals surface area contributed by atoms with E-state index in [2.05, 4.69) is 228 Å². The predicted octanol–water partition coefficient (Wildman–Crippen LogP) is 15.6. The highest BCUT2D eigenvalue weighted by Gasteiger charge is 2.23. The minimum Gasteiger partial charge on any atom is -0.310 e. The van der Waals surface area contributed by atoms with Gasteiger partial charge in [0.1, 0.15) is 0 Å². The third kappa shape index (κ3) is 5.71. The Labute approximate surface area is 335 Å². The number of hydrogen-bond acceptors (Lipinski definition) is 2. The van der Waals surface area contributed by atoms with Crippen molar-refractivity contribution >= 4 is 70.4 Å². The van der Waals surface area contributed by atoms with Gasteiger partial charge in [0.25, 0.3) is 0 Å². The fourth-order valence-electron chi connectivity index (χ4n) is 8.58. The van der Waals surface area contributed by atoms with E-state index in [9.17, 15) is 0 Å². The van der Waals surface area contributed by atoms with Crippen LogP contribution in [0, 0.1) is 0 Å². The summed E-state index contributed by atoms with van der Waals surface area (Å²) in [5.41, 5.74) is 14.0. The second-order valence-electron chi connectivity index (χ2n) is 14.5. The molecule has 0 amide bonds. The van der Waals surface area contributed by atoms with Crippen molar-refractivity contribution in [1.82, 2.24) is 4.57 Å². The first-order valence-corrected chi connectivity index (χ1v) is 20.2. The van der Waals surface area contributed by atoms with Crippen LogP contribution in [0.1, 0.15) is 0 Å². The van der Waals surface area contributed by atoms with Crippen LogP contribution in [-0.4, -0.2) is 4.57 Å². The number of fused-ring (bicyclic) bond motifs is 6. The minimum atomic E-state index is 1.09. The van der Waals surface area contributed by atoms with E-state index < -0.39 is 0 Å². The number of benzene rings is 9. The van der Waals surface area contributed by atoms with Crippen molar-refractivity contribution in [1.29, 1.82) is 0 Å². The number of para-hydroxylation sites is 2. The summed E-state index contributed by atoms with van der Waals surface area (Å²) in [7, 11) is 0. The predicted molar refractivity (Wildman–Crippen MR) is 245 cm³/mol. The van der Waals surface area contributed by atoms with Crippen LogP contribution in [-0.2, 0) is 0 Å². The van der Waals surface area contributed by atoms with E-state index in [0.717, 1.165) is 22.7 Å². The lowest BCUT2D eigenvalue weighted by atomic mass is 9.94. The Morgan fingerprint density at radius 3 is 1.53 bits per heavy atom. The molecule has 0 N–H and O–H groups in total. The number of rotatable bonds is 7. The Kier molecular flexibility index (Phi) is 8.04. The van der Waals surface area contributed by atoms with Gasteiger partial charge >= 0.3 is 0 Å². The molecule has 0 saturated heterocycles. The Hall–Kier alpha value is -7.20. The summed E-state index contributed by atoms with van der Waals surface area (Å²) in [5, 5.41) is 5.07. The molecular formula is C54H36N2S. The lowest BCUT2D eigenvalue weighted by molar-refractivity contribution is 1.17. The molecule has 11 aromatic rings. The molecule has 2 aromatic heterocycles. The molecule has 0 saturated carbocycles. The number of anilines is 3. The fourth-order valence-corrected chi connectivity index (χ4v) is 9.69. The summed E-state index contributed by atoms with van der Waals surface area (Å²) >= 11 is 1.86. The van der Waals surface area contributed by atoms with Crippen molar-refractivity contribution in [2.75, 3.05) is 4.90 Å². The zero-order chi connectivity index (χ0) is 37.7. The monoisotopic (exact) mass is 744 g/mol. The number of nitrogens with zero attached hydrogens (tertiary/aromatic N) is 2. The lowest BCUT2D eigenvalue weighted by Gasteiger charge is -2.29. The second kappa shape index (κ2) is 13.8. The van der Waals surface area contributed by atoms with E-state index in [1.54, 1.807) is 0 Å². The number of aromatic nitrogens is 1. The van der Waals surface area contributed by atoms with E-state index in [1.165, 1.54) is 75.4 Å². The Morgan fingerprint density at radius 1 is 0.351 bits per heavy atom. The highest BCUT2D eigenvalue weighted by atomic mass is 32.1. The summed E-state index contributed by atoms with van der Waals surface area (Å²) in [5.74, 6) is 0. The Balaban J connectivity index is 1.17. The summed E-state index contributed by atoms with van der Waals surface area (Å²) in [6, 6.07) is 79.4. The normalized spacial score (nSPS) is 11.5. The Morgan fingerprint density at radius 2 is 0.877 bits per heavy atom. The van der Waals surface area contributed by atoms with Crippen molar-refractivity contribution in [2.24, 2.45) is 0 Å². The quantitative estimate of drug-likeness (QED) is 0.158. The maximum atomic E-state index is 2.46. The van der Waals surface area contributed by atoms with Crippen LogP contribution in [0.5, 0.6) is 0 Å². The molecule has 0 fully saturated rings. The maximum Gasteiger partial charge on any atom is 0.0547 e. The third-order valence-electron chi connectivity index (χ3n) is 11.2. The average molecular weight is 745 g/mol. The first-order valence-electron chi connectivity index (χ1n) is 19.4. The molecule has 0 aliphatic rings. The minimum absolute atomic E-state index is 1.09. The molecule has 0 aliphatic heterocycles. The van der Waals surface area contributed by atoms with Gasteiger partial charge in [-0.1, -0.05) is 158 Å². The van der Waals surface area contributed by atoms with Gasteiger partial charge in [0.05, 0.1) is 16.7 Å². The molecule has 0 unspecified atom stereocenters. The van der Waals surface area contributed by atoms with Gasteiger partial charge in [-0.2, -0.15) is 0 Å². The van der Waals surface area contributed by atoms with Crippen LogP contribution in [0.15, 0.2) is 218 Å². The maximum absolute atomic E-state index is 2.46. The molecule has 2 nitrogen and oxygen atoms in total. The van der Waals surface area contributed by atoms with Gasteiger partial charge in [-0.3, -0.25) is 0 Å². The van der Waals surface area contributed by atoms with Crippen molar-refractivity contribution in [3.05, 3.63) is 218 Å². The van der Waals surface area contributed by atoms with Crippen LogP contribution in [0.4, 0.5) is 17.1 Å². The third-order valence-corrected chi connectivity index (χ3v) is 12.3. The molecule has 0 atom stereocenters. The molecule has 0 spiro atoms. The molecule has 0 radical (unpaired) electrons. The fraction of sp³-hybridized carbons (Fsp3) is 0. The zero-order valence-corrected chi connectivity index (χ0v) is 31.9. The average Bonchev–Trinajstić information content (AvgIpc) is 3.84. The van der Waals surface area contributed by atoms with Crippen molar-refractivity contribution < 1.29 is 0 Å². The number of thiophene rings is 1. The molecule has 3 heteroatoms. The highest BCUT2D eigenvalue weighted by Crippen LogP contribution is 2.49. The second-order valence-corrected chi connectivity index (χ2v) is 15.6. The molecule has 2 heterocycles. The summed E-state index contributed by atoms with van der Waals surface area (Å²) in [6.45, 7) is 0. The van der Waals surface area contributed by atoms with Gasteiger partial charge < -0.3 is 9.47 Å². The first kappa shape index (κ1) is 33.2. The van der Waals surface area contributed by atoms with Crippen LogP contribution < -0.4 is 4.90 Å². The summed E-state index contributed by atoms with van der Waals surface area (Å²) in [6.07, 6.45) is 0. The number of hydrogen-bond donors (Lipinski definition) is 0. The molecule has 0 aliphatic carbocycles. The van der Waals surface area contributed by atoms with Gasteiger partial charge in [-0.05, 0) is 88.5 Å². The smallest absolute Gasteiger partial charge is 0.0547 e. The zero-order valence-electron chi connectivity index (χ0n) is 31.1. The van der Waals surface area contributed by atoms with Gasteiger partial charge in [-0.25, -0.2) is 0 Å². The standard InChI is InChI=1S/C54H36N2S/c1-3-14-37(15-4-1)39-26-28-41(29-27-39)53-50(34-35-52-54(53)47-22-9-12-25-51(47)57-52)55(42-32-30-40(31-33-42)38-16-5-2-6-17-38)43-18-13-19-44(36-43)56-48-23-10-7-20-45(48)46-21-8-11-24-49(46)56/h1-36H. The van der Waals surface area contributed by atoms with E-state index in [0.29, 0.717) is 0 Å². The van der Waals surface area contributed by atoms with Crippen molar-refractivity contribution in [3.8, 4) is 39.1 Å². The van der Waals surface area contributed by atoms with Gasteiger partial charge in [0.2, 0.25) is 0 Å². The van der Waals surface area contributed by atoms with Crippen LogP contribution >= 0.6 is 11.3 Å². The first-order chi connectivity index (χ1) is 28.3. The summed E-state index contributed by atoms with van der Waals surface area (Å²) in [4.78, 5) is 2.46. The molecule has 11 rings (SSSR count). The van der Waals surface area contributed by atoms with E-state index in [-0.39, 0.29) is 0 Å². The van der Waals surface area contributed by atoms with E-state index in [4.69, 9.17) is 0 Å². The van der Waals surface area contributed by atoms with Crippen LogP contribution in [0.2, 0.25) is 0 Å². The molecule has 268 valence electrons. The topological polar surface area (TPSA) is 8.17 Å². The lowest BCUT2D eigenvalue weighted by Crippen LogP contribution is -2.12.